The van der Waals surface area contributed by atoms with Crippen molar-refractivity contribution >= 4 is 15.9 Å². The van der Waals surface area contributed by atoms with E-state index in [0.717, 1.165) is 25.9 Å². The van der Waals surface area contributed by atoms with Gasteiger partial charge in [0.1, 0.15) is 0 Å². The molecule has 20 heavy (non-hydrogen) atoms. The van der Waals surface area contributed by atoms with Crippen molar-refractivity contribution in [2.75, 3.05) is 13.1 Å². The zero-order chi connectivity index (χ0) is 14.8. The molecule has 1 aliphatic carbocycles. The number of nitrogens with zero attached hydrogens (tertiary/aromatic N) is 1. The molecule has 2 N–H and O–H groups in total. The van der Waals surface area contributed by atoms with Gasteiger partial charge in [-0.05, 0) is 62.4 Å². The van der Waals surface area contributed by atoms with Gasteiger partial charge in [0.25, 0.3) is 0 Å². The standard InChI is InChI=1S/C17H27BrN2/c1-4-13(3)20(5-2)17(12-19)9-8-14-10-16(18)7-6-15(14)11-17/h6-7,10,13H,4-5,8-9,11-12,19H2,1-3H3. The SMILES string of the molecule is CCC(C)N(CC)C1(CN)CCc2cc(Br)ccc2C1. The number of rotatable bonds is 5. The lowest BCUT2D eigenvalue weighted by Crippen LogP contribution is -2.59. The Hall–Kier alpha value is -0.380. The Kier molecular flexibility index (Phi) is 5.27. The van der Waals surface area contributed by atoms with E-state index in [0.29, 0.717) is 6.04 Å². The normalized spacial score (nSPS) is 23.7. The molecule has 3 heteroatoms. The van der Waals surface area contributed by atoms with Crippen LogP contribution >= 0.6 is 15.9 Å². The fraction of sp³-hybridized carbons (Fsp3) is 0.647. The average Bonchev–Trinajstić information content (AvgIpc) is 2.47. The molecule has 0 radical (unpaired) electrons. The molecule has 2 rings (SSSR count). The van der Waals surface area contributed by atoms with Gasteiger partial charge in [-0.25, -0.2) is 0 Å². The molecule has 0 heterocycles. The second-order valence-electron chi connectivity index (χ2n) is 6.06. The highest BCUT2D eigenvalue weighted by molar-refractivity contribution is 9.10. The number of halogens is 1. The second kappa shape index (κ2) is 6.59. The molecule has 112 valence electrons. The van der Waals surface area contributed by atoms with Crippen LogP contribution in [0.5, 0.6) is 0 Å². The number of fused-ring (bicyclic) bond motifs is 1. The Morgan fingerprint density at radius 1 is 1.35 bits per heavy atom. The van der Waals surface area contributed by atoms with Crippen molar-refractivity contribution < 1.29 is 0 Å². The van der Waals surface area contributed by atoms with Crippen LogP contribution in [0.15, 0.2) is 22.7 Å². The Morgan fingerprint density at radius 3 is 2.70 bits per heavy atom. The van der Waals surface area contributed by atoms with Gasteiger partial charge >= 0.3 is 0 Å². The summed E-state index contributed by atoms with van der Waals surface area (Å²) in [5, 5.41) is 0. The zero-order valence-electron chi connectivity index (χ0n) is 13.0. The molecule has 2 atom stereocenters. The highest BCUT2D eigenvalue weighted by Crippen LogP contribution is 2.35. The molecular weight excluding hydrogens is 312 g/mol. The quantitative estimate of drug-likeness (QED) is 0.885. The Bertz CT molecular complexity index is 460. The molecule has 2 unspecified atom stereocenters. The lowest BCUT2D eigenvalue weighted by Gasteiger charge is -2.49. The summed E-state index contributed by atoms with van der Waals surface area (Å²) in [6.07, 6.45) is 4.58. The van der Waals surface area contributed by atoms with Crippen molar-refractivity contribution in [3.05, 3.63) is 33.8 Å². The molecule has 0 spiro atoms. The van der Waals surface area contributed by atoms with Crippen LogP contribution in [-0.2, 0) is 12.8 Å². The minimum atomic E-state index is 0.144. The molecular formula is C17H27BrN2. The van der Waals surface area contributed by atoms with Crippen molar-refractivity contribution in [3.63, 3.8) is 0 Å². The maximum Gasteiger partial charge on any atom is 0.0377 e. The molecule has 1 aliphatic rings. The monoisotopic (exact) mass is 338 g/mol. The number of benzene rings is 1. The molecule has 0 amide bonds. The van der Waals surface area contributed by atoms with Crippen LogP contribution in [0.4, 0.5) is 0 Å². The van der Waals surface area contributed by atoms with Gasteiger partial charge in [-0.1, -0.05) is 35.8 Å². The first-order valence-electron chi connectivity index (χ1n) is 7.80. The third-order valence-electron chi connectivity index (χ3n) is 5.00. The van der Waals surface area contributed by atoms with E-state index in [1.165, 1.54) is 28.4 Å². The summed E-state index contributed by atoms with van der Waals surface area (Å²) in [4.78, 5) is 2.64. The first-order valence-corrected chi connectivity index (χ1v) is 8.59. The van der Waals surface area contributed by atoms with Crippen LogP contribution < -0.4 is 5.73 Å². The van der Waals surface area contributed by atoms with Crippen molar-refractivity contribution in [1.29, 1.82) is 0 Å². The highest BCUT2D eigenvalue weighted by atomic mass is 79.9. The van der Waals surface area contributed by atoms with Crippen molar-refractivity contribution in [1.82, 2.24) is 4.90 Å². The Morgan fingerprint density at radius 2 is 2.10 bits per heavy atom. The van der Waals surface area contributed by atoms with Gasteiger partial charge in [0.05, 0.1) is 0 Å². The molecule has 0 fully saturated rings. The summed E-state index contributed by atoms with van der Waals surface area (Å²) in [5.74, 6) is 0. The van der Waals surface area contributed by atoms with Crippen molar-refractivity contribution in [3.8, 4) is 0 Å². The minimum absolute atomic E-state index is 0.144. The van der Waals surface area contributed by atoms with E-state index < -0.39 is 0 Å². The van der Waals surface area contributed by atoms with Crippen LogP contribution in [0.25, 0.3) is 0 Å². The molecule has 0 saturated heterocycles. The van der Waals surface area contributed by atoms with Gasteiger partial charge in [0, 0.05) is 22.6 Å². The first-order chi connectivity index (χ1) is 9.56. The summed E-state index contributed by atoms with van der Waals surface area (Å²) >= 11 is 3.58. The summed E-state index contributed by atoms with van der Waals surface area (Å²) in [5.41, 5.74) is 9.36. The van der Waals surface area contributed by atoms with Gasteiger partial charge in [-0.15, -0.1) is 0 Å². The average molecular weight is 339 g/mol. The first kappa shape index (κ1) is 16.0. The maximum atomic E-state index is 6.24. The minimum Gasteiger partial charge on any atom is -0.329 e. The van der Waals surface area contributed by atoms with Gasteiger partial charge in [-0.2, -0.15) is 0 Å². The van der Waals surface area contributed by atoms with Crippen molar-refractivity contribution in [2.24, 2.45) is 5.73 Å². The summed E-state index contributed by atoms with van der Waals surface area (Å²) in [7, 11) is 0. The zero-order valence-corrected chi connectivity index (χ0v) is 14.5. The van der Waals surface area contributed by atoms with Gasteiger partial charge in [-0.3, -0.25) is 4.90 Å². The van der Waals surface area contributed by atoms with E-state index in [1.54, 1.807) is 0 Å². The Balaban J connectivity index is 2.31. The molecule has 0 bridgehead atoms. The molecule has 1 aromatic rings. The molecule has 1 aromatic carbocycles. The molecule has 0 aromatic heterocycles. The summed E-state index contributed by atoms with van der Waals surface area (Å²) in [6.45, 7) is 8.70. The largest absolute Gasteiger partial charge is 0.329 e. The van der Waals surface area contributed by atoms with Crippen LogP contribution in [-0.4, -0.2) is 29.6 Å². The fourth-order valence-electron chi connectivity index (χ4n) is 3.68. The number of hydrogen-bond donors (Lipinski definition) is 1. The van der Waals surface area contributed by atoms with E-state index in [4.69, 9.17) is 5.73 Å². The molecule has 0 saturated carbocycles. The maximum absolute atomic E-state index is 6.24. The highest BCUT2D eigenvalue weighted by Gasteiger charge is 2.39. The number of nitrogens with two attached hydrogens (primary N) is 1. The smallest absolute Gasteiger partial charge is 0.0377 e. The van der Waals surface area contributed by atoms with Gasteiger partial charge in [0.15, 0.2) is 0 Å². The molecule has 0 aliphatic heterocycles. The van der Waals surface area contributed by atoms with Crippen LogP contribution in [0.3, 0.4) is 0 Å². The molecule has 2 nitrogen and oxygen atoms in total. The fourth-order valence-corrected chi connectivity index (χ4v) is 4.09. The van der Waals surface area contributed by atoms with E-state index in [2.05, 4.69) is 59.8 Å². The van der Waals surface area contributed by atoms with Crippen LogP contribution in [0.1, 0.15) is 44.7 Å². The van der Waals surface area contributed by atoms with Crippen LogP contribution in [0, 0.1) is 0 Å². The third kappa shape index (κ3) is 2.95. The van der Waals surface area contributed by atoms with Gasteiger partial charge in [0.2, 0.25) is 0 Å². The van der Waals surface area contributed by atoms with E-state index in [-0.39, 0.29) is 5.54 Å². The number of aryl methyl sites for hydroxylation is 1. The second-order valence-corrected chi connectivity index (χ2v) is 6.98. The number of hydrogen-bond acceptors (Lipinski definition) is 2. The van der Waals surface area contributed by atoms with E-state index in [1.807, 2.05) is 0 Å². The lowest BCUT2D eigenvalue weighted by molar-refractivity contribution is 0.0460. The Labute approximate surface area is 131 Å². The summed E-state index contributed by atoms with van der Waals surface area (Å²) < 4.78 is 1.19. The predicted octanol–water partition coefficient (Wildman–Crippen LogP) is 3.76. The van der Waals surface area contributed by atoms with E-state index in [9.17, 15) is 0 Å². The van der Waals surface area contributed by atoms with Crippen molar-refractivity contribution in [2.45, 2.75) is 58.0 Å². The van der Waals surface area contributed by atoms with Gasteiger partial charge < -0.3 is 5.73 Å². The summed E-state index contributed by atoms with van der Waals surface area (Å²) in [6, 6.07) is 7.30. The van der Waals surface area contributed by atoms with Crippen LogP contribution in [0.2, 0.25) is 0 Å². The lowest BCUT2D eigenvalue weighted by atomic mass is 9.76. The van der Waals surface area contributed by atoms with E-state index >= 15 is 0 Å². The predicted molar refractivity (Wildman–Crippen MR) is 90.1 cm³/mol. The topological polar surface area (TPSA) is 29.3 Å². The number of likely N-dealkylation sites (N-methyl/N-ethyl adjacent to an activating group) is 1. The third-order valence-corrected chi connectivity index (χ3v) is 5.49.